The van der Waals surface area contributed by atoms with Crippen LogP contribution in [0.2, 0.25) is 0 Å². The van der Waals surface area contributed by atoms with E-state index in [0.717, 1.165) is 11.1 Å². The minimum absolute atomic E-state index is 0.0993. The molecule has 0 N–H and O–H groups in total. The molecule has 3 aromatic rings. The number of benzene rings is 2. The van der Waals surface area contributed by atoms with Crippen LogP contribution in [-0.4, -0.2) is 17.6 Å². The van der Waals surface area contributed by atoms with Crippen LogP contribution in [0, 0.1) is 6.92 Å². The largest absolute Gasteiger partial charge is 0.545 e. The van der Waals surface area contributed by atoms with Gasteiger partial charge in [-0.2, -0.15) is 10.1 Å². The zero-order chi connectivity index (χ0) is 20.5. The van der Waals surface area contributed by atoms with Crippen LogP contribution in [0.3, 0.4) is 0 Å². The molecule has 2 heterocycles. The van der Waals surface area contributed by atoms with Gasteiger partial charge < -0.3 is 14.3 Å². The number of aryl methyl sites for hydroxylation is 1. The van der Waals surface area contributed by atoms with Gasteiger partial charge in [0.25, 0.3) is 5.91 Å². The van der Waals surface area contributed by atoms with Crippen LogP contribution >= 0.6 is 0 Å². The van der Waals surface area contributed by atoms with Crippen molar-refractivity contribution in [3.8, 4) is 11.3 Å². The summed E-state index contributed by atoms with van der Waals surface area (Å²) in [7, 11) is 0. The van der Waals surface area contributed by atoms with Crippen molar-refractivity contribution in [1.82, 2.24) is 0 Å². The highest BCUT2D eigenvalue weighted by Gasteiger charge is 2.29. The maximum absolute atomic E-state index is 12.8. The van der Waals surface area contributed by atoms with E-state index < -0.39 is 5.97 Å². The van der Waals surface area contributed by atoms with Gasteiger partial charge in [-0.3, -0.25) is 4.79 Å². The molecular weight excluding hydrogens is 368 g/mol. The molecule has 6 heteroatoms. The summed E-state index contributed by atoms with van der Waals surface area (Å²) in [6.07, 6.45) is 1.66. The standard InChI is InChI=1S/C23H18N2O4/c1-14-3-9-18(10-4-14)25-22(26)20(15(2)24-25)13-19-11-12-21(29-19)16-5-7-17(8-6-16)23(27)28/h3-13H,1-2H3,(H,27,28)/p-1/b20-13-. The van der Waals surface area contributed by atoms with Gasteiger partial charge in [0.1, 0.15) is 11.5 Å². The number of aromatic carboxylic acids is 1. The molecule has 0 fully saturated rings. The van der Waals surface area contributed by atoms with Crippen LogP contribution in [0.4, 0.5) is 5.69 Å². The lowest BCUT2D eigenvalue weighted by molar-refractivity contribution is -0.255. The normalized spacial score (nSPS) is 15.1. The molecule has 144 valence electrons. The maximum atomic E-state index is 12.8. The van der Waals surface area contributed by atoms with E-state index in [4.69, 9.17) is 4.42 Å². The van der Waals surface area contributed by atoms with Crippen molar-refractivity contribution < 1.29 is 19.1 Å². The Kier molecular flexibility index (Phi) is 4.60. The lowest BCUT2D eigenvalue weighted by atomic mass is 10.1. The van der Waals surface area contributed by atoms with Crippen molar-refractivity contribution in [2.24, 2.45) is 5.10 Å². The van der Waals surface area contributed by atoms with E-state index in [1.807, 2.05) is 31.2 Å². The van der Waals surface area contributed by atoms with Crippen molar-refractivity contribution >= 4 is 29.4 Å². The molecular formula is C23H17N2O4-. The Morgan fingerprint density at radius 2 is 1.69 bits per heavy atom. The molecule has 0 aliphatic carbocycles. The fourth-order valence-electron chi connectivity index (χ4n) is 3.04. The lowest BCUT2D eigenvalue weighted by Gasteiger charge is -2.11. The summed E-state index contributed by atoms with van der Waals surface area (Å²) in [4.78, 5) is 23.7. The number of carbonyl (C=O) groups is 2. The zero-order valence-electron chi connectivity index (χ0n) is 15.9. The van der Waals surface area contributed by atoms with E-state index >= 15 is 0 Å². The summed E-state index contributed by atoms with van der Waals surface area (Å²) in [5.74, 6) is -0.374. The highest BCUT2D eigenvalue weighted by atomic mass is 16.4. The van der Waals surface area contributed by atoms with Gasteiger partial charge in [-0.1, -0.05) is 42.0 Å². The molecule has 2 aromatic carbocycles. The lowest BCUT2D eigenvalue weighted by Crippen LogP contribution is -2.21. The van der Waals surface area contributed by atoms with Gasteiger partial charge >= 0.3 is 0 Å². The van der Waals surface area contributed by atoms with Crippen LogP contribution in [0.25, 0.3) is 17.4 Å². The van der Waals surface area contributed by atoms with E-state index in [1.54, 1.807) is 37.3 Å². The van der Waals surface area contributed by atoms with Crippen molar-refractivity contribution in [3.63, 3.8) is 0 Å². The first-order chi connectivity index (χ1) is 13.9. The molecule has 1 amide bonds. The third-order valence-electron chi connectivity index (χ3n) is 4.66. The second-order valence-electron chi connectivity index (χ2n) is 6.76. The van der Waals surface area contributed by atoms with Crippen LogP contribution in [0.5, 0.6) is 0 Å². The SMILES string of the molecule is CC1=NN(c2ccc(C)cc2)C(=O)/C1=C\c1ccc(-c2ccc(C(=O)[O-])cc2)o1. The fourth-order valence-corrected chi connectivity index (χ4v) is 3.04. The van der Waals surface area contributed by atoms with Crippen molar-refractivity contribution in [2.75, 3.05) is 5.01 Å². The minimum Gasteiger partial charge on any atom is -0.545 e. The molecule has 1 aliphatic heterocycles. The Morgan fingerprint density at radius 1 is 1.00 bits per heavy atom. The van der Waals surface area contributed by atoms with Crippen LogP contribution < -0.4 is 10.1 Å². The number of hydrazone groups is 1. The third-order valence-corrected chi connectivity index (χ3v) is 4.66. The number of carboxylic acid groups (broad SMARTS) is 1. The van der Waals surface area contributed by atoms with E-state index in [1.165, 1.54) is 17.1 Å². The Balaban J connectivity index is 1.58. The van der Waals surface area contributed by atoms with Crippen molar-refractivity contribution in [3.05, 3.63) is 83.1 Å². The first-order valence-corrected chi connectivity index (χ1v) is 9.02. The van der Waals surface area contributed by atoms with Crippen LogP contribution in [-0.2, 0) is 4.79 Å². The average molecular weight is 385 g/mol. The van der Waals surface area contributed by atoms with Gasteiger partial charge in [0.2, 0.25) is 0 Å². The number of anilines is 1. The molecule has 0 radical (unpaired) electrons. The first kappa shape index (κ1) is 18.4. The van der Waals surface area contributed by atoms with E-state index in [-0.39, 0.29) is 11.5 Å². The van der Waals surface area contributed by atoms with Gasteiger partial charge in [0.05, 0.1) is 22.9 Å². The quantitative estimate of drug-likeness (QED) is 0.644. The highest BCUT2D eigenvalue weighted by molar-refractivity contribution is 6.32. The number of hydrogen-bond acceptors (Lipinski definition) is 5. The van der Waals surface area contributed by atoms with Gasteiger partial charge in [0.15, 0.2) is 0 Å². The minimum atomic E-state index is -1.23. The zero-order valence-corrected chi connectivity index (χ0v) is 15.9. The van der Waals surface area contributed by atoms with Crippen LogP contribution in [0.1, 0.15) is 28.6 Å². The van der Waals surface area contributed by atoms with E-state index in [0.29, 0.717) is 28.5 Å². The molecule has 6 nitrogen and oxygen atoms in total. The summed E-state index contributed by atoms with van der Waals surface area (Å²) < 4.78 is 5.82. The second-order valence-corrected chi connectivity index (χ2v) is 6.76. The second kappa shape index (κ2) is 7.24. The Hall–Kier alpha value is -3.93. The first-order valence-electron chi connectivity index (χ1n) is 9.02. The summed E-state index contributed by atoms with van der Waals surface area (Å²) >= 11 is 0. The molecule has 0 atom stereocenters. The smallest absolute Gasteiger partial charge is 0.280 e. The Morgan fingerprint density at radius 3 is 2.34 bits per heavy atom. The summed E-state index contributed by atoms with van der Waals surface area (Å²) in [6, 6.07) is 17.3. The average Bonchev–Trinajstić information content (AvgIpc) is 3.29. The summed E-state index contributed by atoms with van der Waals surface area (Å²) in [5.41, 5.74) is 3.70. The molecule has 0 saturated heterocycles. The van der Waals surface area contributed by atoms with Crippen molar-refractivity contribution in [2.45, 2.75) is 13.8 Å². The Bertz CT molecular complexity index is 1150. The molecule has 29 heavy (non-hydrogen) atoms. The van der Waals surface area contributed by atoms with Crippen LogP contribution in [0.15, 0.2) is 75.8 Å². The molecule has 4 rings (SSSR count). The summed E-state index contributed by atoms with van der Waals surface area (Å²) in [6.45, 7) is 3.76. The molecule has 0 spiro atoms. The molecule has 0 bridgehead atoms. The number of furan rings is 1. The maximum Gasteiger partial charge on any atom is 0.280 e. The Labute approximate surface area is 167 Å². The molecule has 1 aromatic heterocycles. The van der Waals surface area contributed by atoms with Gasteiger partial charge in [-0.15, -0.1) is 0 Å². The van der Waals surface area contributed by atoms with Crippen molar-refractivity contribution in [1.29, 1.82) is 0 Å². The van der Waals surface area contributed by atoms with Gasteiger partial charge in [-0.05, 0) is 49.8 Å². The molecule has 1 aliphatic rings. The number of hydrogen-bond donors (Lipinski definition) is 0. The predicted molar refractivity (Wildman–Crippen MR) is 108 cm³/mol. The fraction of sp³-hybridized carbons (Fsp3) is 0.0870. The number of nitrogens with zero attached hydrogens (tertiary/aromatic N) is 2. The number of amides is 1. The monoisotopic (exact) mass is 385 g/mol. The summed E-state index contributed by atoms with van der Waals surface area (Å²) in [5, 5.41) is 16.6. The highest BCUT2D eigenvalue weighted by Crippen LogP contribution is 2.28. The van der Waals surface area contributed by atoms with E-state index in [9.17, 15) is 14.7 Å². The number of carbonyl (C=O) groups excluding carboxylic acids is 2. The van der Waals surface area contributed by atoms with Gasteiger partial charge in [-0.25, -0.2) is 0 Å². The molecule has 0 unspecified atom stereocenters. The number of rotatable bonds is 4. The topological polar surface area (TPSA) is 85.9 Å². The molecule has 0 saturated carbocycles. The van der Waals surface area contributed by atoms with E-state index in [2.05, 4.69) is 5.10 Å². The third kappa shape index (κ3) is 3.60. The predicted octanol–water partition coefficient (Wildman–Crippen LogP) is 3.42. The van der Waals surface area contributed by atoms with Gasteiger partial charge in [0, 0.05) is 5.56 Å². The number of carboxylic acids is 1.